The van der Waals surface area contributed by atoms with Crippen LogP contribution in [-0.2, 0) is 6.54 Å². The Morgan fingerprint density at radius 2 is 1.93 bits per heavy atom. The van der Waals surface area contributed by atoms with Gasteiger partial charge in [-0.1, -0.05) is 12.1 Å². The number of hydrogen-bond acceptors (Lipinski definition) is 7. The maximum atomic E-state index is 5.66. The van der Waals surface area contributed by atoms with Gasteiger partial charge in [-0.25, -0.2) is 4.98 Å². The molecule has 1 aliphatic rings. The first-order valence-corrected chi connectivity index (χ1v) is 10.1. The Kier molecular flexibility index (Phi) is 3.95. The van der Waals surface area contributed by atoms with Crippen LogP contribution in [0.15, 0.2) is 65.1 Å². The van der Waals surface area contributed by atoms with Gasteiger partial charge in [0.05, 0.1) is 17.1 Å². The van der Waals surface area contributed by atoms with Crippen molar-refractivity contribution in [3.63, 3.8) is 0 Å². The van der Waals surface area contributed by atoms with E-state index in [9.17, 15) is 0 Å². The highest BCUT2D eigenvalue weighted by molar-refractivity contribution is 7.22. The van der Waals surface area contributed by atoms with Crippen LogP contribution >= 0.6 is 22.7 Å². The van der Waals surface area contributed by atoms with E-state index in [-0.39, 0.29) is 5.95 Å². The number of nitrogen functional groups attached to an aromatic ring is 1. The minimum atomic E-state index is 0.253. The molecule has 0 aliphatic carbocycles. The lowest BCUT2D eigenvalue weighted by Crippen LogP contribution is -2.02. The molecule has 27 heavy (non-hydrogen) atoms. The van der Waals surface area contributed by atoms with Crippen LogP contribution in [0.3, 0.4) is 0 Å². The molecule has 7 heteroatoms. The van der Waals surface area contributed by atoms with E-state index >= 15 is 0 Å². The van der Waals surface area contributed by atoms with Crippen molar-refractivity contribution in [2.24, 2.45) is 4.99 Å². The summed E-state index contributed by atoms with van der Waals surface area (Å²) in [5.41, 5.74) is 10.1. The van der Waals surface area contributed by atoms with Crippen molar-refractivity contribution in [2.75, 3.05) is 11.1 Å². The van der Waals surface area contributed by atoms with Crippen LogP contribution in [-0.4, -0.2) is 15.7 Å². The molecule has 0 spiro atoms. The molecular formula is C20H15N5S2. The SMILES string of the molecule is Nc1nccc(Nc2ccc3c(c2)C(c2ccc(-c4cccs4)s2)=NC3)n1. The van der Waals surface area contributed by atoms with E-state index in [4.69, 9.17) is 10.7 Å². The first kappa shape index (κ1) is 16.2. The number of aromatic nitrogens is 2. The van der Waals surface area contributed by atoms with E-state index in [1.807, 2.05) is 6.07 Å². The van der Waals surface area contributed by atoms with Crippen LogP contribution in [0.5, 0.6) is 0 Å². The Bertz CT molecular complexity index is 1140. The maximum absolute atomic E-state index is 5.66. The molecule has 3 N–H and O–H groups in total. The molecule has 3 aromatic heterocycles. The number of nitrogens with one attached hydrogen (secondary N) is 1. The van der Waals surface area contributed by atoms with Gasteiger partial charge in [0.2, 0.25) is 5.95 Å². The van der Waals surface area contributed by atoms with E-state index in [1.165, 1.54) is 25.8 Å². The third-order valence-electron chi connectivity index (χ3n) is 4.32. The minimum Gasteiger partial charge on any atom is -0.368 e. The minimum absolute atomic E-state index is 0.253. The van der Waals surface area contributed by atoms with Crippen molar-refractivity contribution in [1.29, 1.82) is 0 Å². The second-order valence-electron chi connectivity index (χ2n) is 6.10. The zero-order valence-corrected chi connectivity index (χ0v) is 15.8. The summed E-state index contributed by atoms with van der Waals surface area (Å²) in [5, 5.41) is 5.40. The Balaban J connectivity index is 1.46. The van der Waals surface area contributed by atoms with Gasteiger partial charge >= 0.3 is 0 Å². The zero-order valence-electron chi connectivity index (χ0n) is 14.2. The van der Waals surface area contributed by atoms with Crippen molar-refractivity contribution < 1.29 is 0 Å². The lowest BCUT2D eigenvalue weighted by molar-refractivity contribution is 1.11. The number of anilines is 3. The Morgan fingerprint density at radius 3 is 2.78 bits per heavy atom. The molecule has 1 aliphatic heterocycles. The van der Waals surface area contributed by atoms with E-state index in [1.54, 1.807) is 34.9 Å². The molecule has 0 amide bonds. The van der Waals surface area contributed by atoms with Gasteiger partial charge in [0, 0.05) is 27.2 Å². The molecule has 132 valence electrons. The summed E-state index contributed by atoms with van der Waals surface area (Å²) in [6.07, 6.45) is 1.64. The standard InChI is InChI=1S/C20H15N5S2/c21-20-22-8-7-18(25-20)24-13-4-3-12-11-23-19(14(12)10-13)17-6-5-16(27-17)15-2-1-9-26-15/h1-10H,11H2,(H3,21,22,24,25). The first-order valence-electron chi connectivity index (χ1n) is 8.44. The van der Waals surface area contributed by atoms with Crippen LogP contribution < -0.4 is 11.1 Å². The molecular weight excluding hydrogens is 374 g/mol. The molecule has 5 rings (SSSR count). The van der Waals surface area contributed by atoms with Gasteiger partial charge in [0.1, 0.15) is 5.82 Å². The number of nitrogens with two attached hydrogens (primary N) is 1. The quantitative estimate of drug-likeness (QED) is 0.518. The van der Waals surface area contributed by atoms with Crippen LogP contribution in [0.25, 0.3) is 9.75 Å². The highest BCUT2D eigenvalue weighted by atomic mass is 32.1. The largest absolute Gasteiger partial charge is 0.368 e. The second kappa shape index (κ2) is 6.61. The summed E-state index contributed by atoms with van der Waals surface area (Å²) in [5.74, 6) is 0.929. The Morgan fingerprint density at radius 1 is 1.00 bits per heavy atom. The summed E-state index contributed by atoms with van der Waals surface area (Å²) in [4.78, 5) is 16.7. The fraction of sp³-hybridized carbons (Fsp3) is 0.0500. The van der Waals surface area contributed by atoms with Gasteiger partial charge in [-0.2, -0.15) is 4.98 Å². The van der Waals surface area contributed by atoms with Gasteiger partial charge in [-0.05, 0) is 47.3 Å². The normalized spacial score (nSPS) is 12.7. The topological polar surface area (TPSA) is 76.2 Å². The van der Waals surface area contributed by atoms with Gasteiger partial charge in [-0.15, -0.1) is 22.7 Å². The number of thiophene rings is 2. The molecule has 5 nitrogen and oxygen atoms in total. The van der Waals surface area contributed by atoms with Crippen LogP contribution in [0.2, 0.25) is 0 Å². The summed E-state index contributed by atoms with van der Waals surface area (Å²) in [6.45, 7) is 0.720. The highest BCUT2D eigenvalue weighted by Gasteiger charge is 2.20. The average molecular weight is 390 g/mol. The Hall–Kier alpha value is -3.03. The highest BCUT2D eigenvalue weighted by Crippen LogP contribution is 2.35. The number of benzene rings is 1. The van der Waals surface area contributed by atoms with Crippen molar-refractivity contribution in [3.8, 4) is 9.75 Å². The van der Waals surface area contributed by atoms with Gasteiger partial charge in [-0.3, -0.25) is 4.99 Å². The third kappa shape index (κ3) is 3.11. The average Bonchev–Trinajstić information content (AvgIpc) is 3.41. The van der Waals surface area contributed by atoms with E-state index < -0.39 is 0 Å². The number of fused-ring (bicyclic) bond motifs is 1. The second-order valence-corrected chi connectivity index (χ2v) is 8.13. The monoisotopic (exact) mass is 389 g/mol. The molecule has 4 heterocycles. The number of rotatable bonds is 4. The fourth-order valence-corrected chi connectivity index (χ4v) is 4.94. The smallest absolute Gasteiger partial charge is 0.221 e. The van der Waals surface area contributed by atoms with E-state index in [0.717, 1.165) is 17.9 Å². The molecule has 0 atom stereocenters. The lowest BCUT2D eigenvalue weighted by Gasteiger charge is -2.09. The number of nitrogens with zero attached hydrogens (tertiary/aromatic N) is 3. The third-order valence-corrected chi connectivity index (χ3v) is 6.48. The fourth-order valence-electron chi connectivity index (χ4n) is 3.08. The van der Waals surface area contributed by atoms with Crippen molar-refractivity contribution in [3.05, 3.63) is 76.1 Å². The summed E-state index contributed by atoms with van der Waals surface area (Å²) < 4.78 is 0. The summed E-state index contributed by atoms with van der Waals surface area (Å²) >= 11 is 3.55. The molecule has 1 aromatic carbocycles. The van der Waals surface area contributed by atoms with E-state index in [2.05, 4.69) is 57.1 Å². The molecule has 0 radical (unpaired) electrons. The molecule has 0 saturated heterocycles. The van der Waals surface area contributed by atoms with Gasteiger partial charge < -0.3 is 11.1 Å². The van der Waals surface area contributed by atoms with Crippen LogP contribution in [0.1, 0.15) is 16.0 Å². The van der Waals surface area contributed by atoms with Gasteiger partial charge in [0.15, 0.2) is 0 Å². The first-order chi connectivity index (χ1) is 13.3. The summed E-state index contributed by atoms with van der Waals surface area (Å²) in [6, 6.07) is 16.7. The van der Waals surface area contributed by atoms with E-state index in [0.29, 0.717) is 5.82 Å². The number of hydrogen-bond donors (Lipinski definition) is 2. The van der Waals surface area contributed by atoms with Crippen molar-refractivity contribution in [1.82, 2.24) is 9.97 Å². The molecule has 0 bridgehead atoms. The number of aliphatic imine (C=N–C) groups is 1. The van der Waals surface area contributed by atoms with Gasteiger partial charge in [0.25, 0.3) is 0 Å². The van der Waals surface area contributed by atoms with Crippen molar-refractivity contribution >= 4 is 45.8 Å². The predicted octanol–water partition coefficient (Wildman–Crippen LogP) is 4.94. The molecule has 0 unspecified atom stereocenters. The molecule has 0 fully saturated rings. The predicted molar refractivity (Wildman–Crippen MR) is 113 cm³/mol. The van der Waals surface area contributed by atoms with Crippen LogP contribution in [0.4, 0.5) is 17.5 Å². The van der Waals surface area contributed by atoms with Crippen molar-refractivity contribution in [2.45, 2.75) is 6.54 Å². The maximum Gasteiger partial charge on any atom is 0.221 e. The lowest BCUT2D eigenvalue weighted by atomic mass is 10.0. The molecule has 0 saturated carbocycles. The molecule has 4 aromatic rings. The summed E-state index contributed by atoms with van der Waals surface area (Å²) in [7, 11) is 0. The Labute approximate surface area is 164 Å². The van der Waals surface area contributed by atoms with Crippen LogP contribution in [0, 0.1) is 0 Å². The zero-order chi connectivity index (χ0) is 18.2.